The van der Waals surface area contributed by atoms with E-state index < -0.39 is 14.9 Å². The van der Waals surface area contributed by atoms with Crippen LogP contribution in [0, 0.1) is 28.4 Å². The fourth-order valence-electron chi connectivity index (χ4n) is 1.65. The first-order valence-electron chi connectivity index (χ1n) is 5.61. The predicted molar refractivity (Wildman–Crippen MR) is 77.7 cm³/mol. The molecule has 108 valence electrons. The van der Waals surface area contributed by atoms with Gasteiger partial charge >= 0.3 is 0 Å². The molecule has 0 aliphatic carbocycles. The van der Waals surface area contributed by atoms with E-state index in [1.807, 2.05) is 6.07 Å². The number of benzene rings is 1. The largest absolute Gasteiger partial charge is 0.279 e. The van der Waals surface area contributed by atoms with Gasteiger partial charge in [0.05, 0.1) is 4.92 Å². The maximum Gasteiger partial charge on any atom is 0.272 e. The van der Waals surface area contributed by atoms with E-state index in [2.05, 4.69) is 4.72 Å². The van der Waals surface area contributed by atoms with E-state index in [-0.39, 0.29) is 20.5 Å². The van der Waals surface area contributed by atoms with E-state index in [0.717, 1.165) is 11.3 Å². The number of rotatable bonds is 4. The van der Waals surface area contributed by atoms with Gasteiger partial charge in [-0.05, 0) is 31.2 Å². The van der Waals surface area contributed by atoms with Crippen molar-refractivity contribution < 1.29 is 13.3 Å². The first kappa shape index (κ1) is 15.0. The smallest absolute Gasteiger partial charge is 0.272 e. The van der Waals surface area contributed by atoms with Gasteiger partial charge < -0.3 is 0 Å². The zero-order valence-electron chi connectivity index (χ0n) is 10.7. The van der Waals surface area contributed by atoms with E-state index in [1.165, 1.54) is 37.3 Å². The van der Waals surface area contributed by atoms with Gasteiger partial charge in [0.25, 0.3) is 15.7 Å². The summed E-state index contributed by atoms with van der Waals surface area (Å²) in [6.07, 6.45) is 0. The van der Waals surface area contributed by atoms with Crippen LogP contribution in [0.15, 0.2) is 34.5 Å². The Balaban J connectivity index is 2.31. The number of hydrogen-bond donors (Lipinski definition) is 1. The van der Waals surface area contributed by atoms with Gasteiger partial charge in [0, 0.05) is 17.3 Å². The fourth-order valence-corrected chi connectivity index (χ4v) is 3.81. The number of nitriles is 1. The molecule has 1 heterocycles. The molecule has 0 saturated heterocycles. The molecule has 1 aromatic carbocycles. The molecule has 0 radical (unpaired) electrons. The Labute approximate surface area is 124 Å². The molecule has 9 heteroatoms. The van der Waals surface area contributed by atoms with Crippen molar-refractivity contribution in [3.05, 3.63) is 50.9 Å². The van der Waals surface area contributed by atoms with Crippen LogP contribution in [0.2, 0.25) is 0 Å². The number of nitrogens with zero attached hydrogens (tertiary/aromatic N) is 2. The van der Waals surface area contributed by atoms with Gasteiger partial charge in [0.1, 0.15) is 15.2 Å². The van der Waals surface area contributed by atoms with E-state index in [1.54, 1.807) is 0 Å². The number of nitro benzene ring substituents is 1. The molecule has 0 atom stereocenters. The standard InChI is InChI=1S/C12H9N3O4S2/c1-8-6-9(2-4-11(8)15(16)17)14-21(18,19)12-5-3-10(7-13)20-12/h2-6,14H,1H3. The van der Waals surface area contributed by atoms with Crippen molar-refractivity contribution in [3.8, 4) is 6.07 Å². The first-order valence-corrected chi connectivity index (χ1v) is 7.91. The summed E-state index contributed by atoms with van der Waals surface area (Å²) in [5.74, 6) is 0. The van der Waals surface area contributed by atoms with E-state index in [0.29, 0.717) is 5.56 Å². The van der Waals surface area contributed by atoms with Crippen molar-refractivity contribution in [2.75, 3.05) is 4.72 Å². The molecular weight excluding hydrogens is 314 g/mol. The summed E-state index contributed by atoms with van der Waals surface area (Å²) in [6.45, 7) is 1.52. The van der Waals surface area contributed by atoms with Gasteiger partial charge in [-0.1, -0.05) is 0 Å². The summed E-state index contributed by atoms with van der Waals surface area (Å²) >= 11 is 0.852. The summed E-state index contributed by atoms with van der Waals surface area (Å²) in [5.41, 5.74) is 0.495. The van der Waals surface area contributed by atoms with Crippen LogP contribution in [0.25, 0.3) is 0 Å². The van der Waals surface area contributed by atoms with Crippen molar-refractivity contribution in [2.45, 2.75) is 11.1 Å². The van der Waals surface area contributed by atoms with Crippen molar-refractivity contribution >= 4 is 32.7 Å². The highest BCUT2D eigenvalue weighted by Gasteiger charge is 2.18. The van der Waals surface area contributed by atoms with Crippen molar-refractivity contribution in [3.63, 3.8) is 0 Å². The van der Waals surface area contributed by atoms with Gasteiger partial charge in [-0.2, -0.15) is 5.26 Å². The van der Waals surface area contributed by atoms with E-state index in [4.69, 9.17) is 5.26 Å². The van der Waals surface area contributed by atoms with Crippen molar-refractivity contribution in [1.29, 1.82) is 5.26 Å². The third kappa shape index (κ3) is 3.18. The number of thiophene rings is 1. The second kappa shape index (κ2) is 5.51. The van der Waals surface area contributed by atoms with Gasteiger partial charge in [-0.15, -0.1) is 11.3 Å². The average Bonchev–Trinajstić information content (AvgIpc) is 2.87. The minimum absolute atomic E-state index is 0.00931. The molecule has 21 heavy (non-hydrogen) atoms. The molecule has 0 unspecified atom stereocenters. The molecule has 0 amide bonds. The van der Waals surface area contributed by atoms with Crippen molar-refractivity contribution in [2.24, 2.45) is 0 Å². The molecule has 0 aliphatic heterocycles. The second-order valence-electron chi connectivity index (χ2n) is 4.09. The normalized spacial score (nSPS) is 10.9. The highest BCUT2D eigenvalue weighted by atomic mass is 32.2. The van der Waals surface area contributed by atoms with Crippen molar-refractivity contribution in [1.82, 2.24) is 0 Å². The zero-order valence-corrected chi connectivity index (χ0v) is 12.4. The van der Waals surface area contributed by atoms with Gasteiger partial charge in [0.15, 0.2) is 0 Å². The van der Waals surface area contributed by atoms with E-state index in [9.17, 15) is 18.5 Å². The Kier molecular flexibility index (Phi) is 3.93. The molecule has 0 fully saturated rings. The molecule has 1 N–H and O–H groups in total. The summed E-state index contributed by atoms with van der Waals surface area (Å²) < 4.78 is 26.6. The number of nitrogens with one attached hydrogen (secondary N) is 1. The molecular formula is C12H9N3O4S2. The monoisotopic (exact) mass is 323 g/mol. The Morgan fingerprint density at radius 3 is 2.57 bits per heavy atom. The minimum atomic E-state index is -3.80. The lowest BCUT2D eigenvalue weighted by Gasteiger charge is -2.07. The third-order valence-electron chi connectivity index (χ3n) is 2.60. The highest BCUT2D eigenvalue weighted by Crippen LogP contribution is 2.26. The Hall–Kier alpha value is -2.44. The Morgan fingerprint density at radius 2 is 2.05 bits per heavy atom. The number of anilines is 1. The van der Waals surface area contributed by atoms with Crippen LogP contribution in [-0.2, 0) is 10.0 Å². The maximum absolute atomic E-state index is 12.1. The number of aryl methyl sites for hydroxylation is 1. The number of hydrogen-bond acceptors (Lipinski definition) is 6. The van der Waals surface area contributed by atoms with Gasteiger partial charge in [-0.25, -0.2) is 8.42 Å². The van der Waals surface area contributed by atoms with Crippen LogP contribution < -0.4 is 4.72 Å². The molecule has 2 aromatic rings. The van der Waals surface area contributed by atoms with Crippen LogP contribution >= 0.6 is 11.3 Å². The van der Waals surface area contributed by atoms with Gasteiger partial charge in [0.2, 0.25) is 0 Å². The Bertz CT molecular complexity index is 850. The second-order valence-corrected chi connectivity index (χ2v) is 7.09. The van der Waals surface area contributed by atoms with Crippen LogP contribution in [0.1, 0.15) is 10.4 Å². The summed E-state index contributed by atoms with van der Waals surface area (Å²) in [4.78, 5) is 10.5. The predicted octanol–water partition coefficient (Wildman–Crippen LogP) is 2.64. The number of sulfonamides is 1. The molecule has 0 bridgehead atoms. The Morgan fingerprint density at radius 1 is 1.33 bits per heavy atom. The molecule has 7 nitrogen and oxygen atoms in total. The minimum Gasteiger partial charge on any atom is -0.279 e. The van der Waals surface area contributed by atoms with Gasteiger partial charge in [-0.3, -0.25) is 14.8 Å². The summed E-state index contributed by atoms with van der Waals surface area (Å²) in [5, 5.41) is 19.4. The lowest BCUT2D eigenvalue weighted by molar-refractivity contribution is -0.385. The fraction of sp³-hybridized carbons (Fsp3) is 0.0833. The molecule has 0 aliphatic rings. The molecule has 2 rings (SSSR count). The van der Waals surface area contributed by atoms with Crippen LogP contribution in [0.4, 0.5) is 11.4 Å². The zero-order chi connectivity index (χ0) is 15.6. The topological polar surface area (TPSA) is 113 Å². The van der Waals surface area contributed by atoms with Crippen LogP contribution in [0.3, 0.4) is 0 Å². The maximum atomic E-state index is 12.1. The average molecular weight is 323 g/mol. The first-order chi connectivity index (χ1) is 9.83. The van der Waals surface area contributed by atoms with E-state index >= 15 is 0 Å². The summed E-state index contributed by atoms with van der Waals surface area (Å²) in [6, 6.07) is 8.56. The lowest BCUT2D eigenvalue weighted by Crippen LogP contribution is -2.11. The van der Waals surface area contributed by atoms with Crippen LogP contribution in [-0.4, -0.2) is 13.3 Å². The number of nitro groups is 1. The quantitative estimate of drug-likeness (QED) is 0.686. The summed E-state index contributed by atoms with van der Waals surface area (Å²) in [7, 11) is -3.80. The third-order valence-corrected chi connectivity index (χ3v) is 5.47. The highest BCUT2D eigenvalue weighted by molar-refractivity contribution is 7.94. The molecule has 0 saturated carbocycles. The lowest BCUT2D eigenvalue weighted by atomic mass is 10.2. The molecule has 1 aromatic heterocycles. The van der Waals surface area contributed by atoms with Crippen LogP contribution in [0.5, 0.6) is 0 Å². The SMILES string of the molecule is Cc1cc(NS(=O)(=O)c2ccc(C#N)s2)ccc1[N+](=O)[O-]. The molecule has 0 spiro atoms.